The van der Waals surface area contributed by atoms with Crippen molar-refractivity contribution in [1.29, 1.82) is 5.26 Å². The first kappa shape index (κ1) is 13.8. The predicted molar refractivity (Wildman–Crippen MR) is 59.5 cm³/mol. The highest BCUT2D eigenvalue weighted by molar-refractivity contribution is 14.1. The number of rotatable bonds is 3. The highest BCUT2D eigenvalue weighted by atomic mass is 127. The summed E-state index contributed by atoms with van der Waals surface area (Å²) in [6, 6.07) is 3.04. The zero-order valence-electron chi connectivity index (χ0n) is 8.51. The number of hydrogen-bond donors (Lipinski definition) is 0. The van der Waals surface area contributed by atoms with Crippen LogP contribution >= 0.6 is 22.6 Å². The lowest BCUT2D eigenvalue weighted by atomic mass is 10.2. The molecule has 0 spiro atoms. The molecule has 0 amide bonds. The Hall–Kier alpha value is -1.24. The molecule has 17 heavy (non-hydrogen) atoms. The Morgan fingerprint density at radius 2 is 2.18 bits per heavy atom. The third-order valence-electron chi connectivity index (χ3n) is 1.68. The van der Waals surface area contributed by atoms with Crippen molar-refractivity contribution in [2.75, 3.05) is 7.11 Å². The molecule has 0 radical (unpaired) electrons. The van der Waals surface area contributed by atoms with Crippen LogP contribution in [-0.2, 0) is 6.42 Å². The van der Waals surface area contributed by atoms with Crippen LogP contribution in [-0.4, -0.2) is 18.5 Å². The number of pyridine rings is 1. The van der Waals surface area contributed by atoms with Crippen molar-refractivity contribution in [3.63, 3.8) is 0 Å². The maximum atomic E-state index is 12.1. The molecule has 0 aliphatic rings. The summed E-state index contributed by atoms with van der Waals surface area (Å²) < 4.78 is 45.2. The van der Waals surface area contributed by atoms with E-state index >= 15 is 0 Å². The number of ether oxygens (including phenoxy) is 2. The van der Waals surface area contributed by atoms with Crippen LogP contribution in [0.2, 0.25) is 0 Å². The van der Waals surface area contributed by atoms with Crippen LogP contribution in [0, 0.1) is 15.0 Å². The van der Waals surface area contributed by atoms with Gasteiger partial charge in [0, 0.05) is 5.56 Å². The van der Waals surface area contributed by atoms with E-state index in [1.165, 1.54) is 13.2 Å². The molecule has 0 saturated carbocycles. The quantitative estimate of drug-likeness (QED) is 0.616. The third-order valence-corrected chi connectivity index (χ3v) is 2.46. The summed E-state index contributed by atoms with van der Waals surface area (Å²) in [4.78, 5) is 3.62. The van der Waals surface area contributed by atoms with Crippen LogP contribution in [0.1, 0.15) is 5.56 Å². The molecule has 8 heteroatoms. The Balaban J connectivity index is 3.19. The Labute approximate surface area is 108 Å². The molecule has 4 nitrogen and oxygen atoms in total. The Bertz CT molecular complexity index is 457. The lowest BCUT2D eigenvalue weighted by molar-refractivity contribution is -0.276. The molecular formula is C9H6F3IN2O2. The van der Waals surface area contributed by atoms with E-state index in [4.69, 9.17) is 10.00 Å². The number of nitrogens with zero attached hydrogens (tertiary/aromatic N) is 2. The first-order chi connectivity index (χ1) is 7.87. The van der Waals surface area contributed by atoms with E-state index in [1.807, 2.05) is 0 Å². The van der Waals surface area contributed by atoms with Crippen molar-refractivity contribution >= 4 is 22.6 Å². The van der Waals surface area contributed by atoms with Crippen LogP contribution in [0.3, 0.4) is 0 Å². The molecular weight excluding hydrogens is 352 g/mol. The molecule has 0 fully saturated rings. The topological polar surface area (TPSA) is 55.1 Å². The van der Waals surface area contributed by atoms with Gasteiger partial charge in [-0.1, -0.05) is 0 Å². The lowest BCUT2D eigenvalue weighted by Gasteiger charge is -2.12. The number of hydrogen-bond acceptors (Lipinski definition) is 4. The molecule has 0 unspecified atom stereocenters. The molecule has 0 bridgehead atoms. The zero-order valence-corrected chi connectivity index (χ0v) is 10.7. The van der Waals surface area contributed by atoms with Gasteiger partial charge in [-0.2, -0.15) is 5.26 Å². The first-order valence-corrected chi connectivity index (χ1v) is 5.31. The Kier molecular flexibility index (Phi) is 4.39. The van der Waals surface area contributed by atoms with E-state index in [-0.39, 0.29) is 15.7 Å². The molecule has 0 atom stereocenters. The minimum Gasteiger partial charge on any atom is -0.494 e. The minimum absolute atomic E-state index is 0.0297. The van der Waals surface area contributed by atoms with Crippen LogP contribution in [0.15, 0.2) is 6.07 Å². The van der Waals surface area contributed by atoms with E-state index in [9.17, 15) is 13.2 Å². The van der Waals surface area contributed by atoms with E-state index < -0.39 is 12.2 Å². The monoisotopic (exact) mass is 358 g/mol. The van der Waals surface area contributed by atoms with Gasteiger partial charge in [-0.25, -0.2) is 4.98 Å². The summed E-state index contributed by atoms with van der Waals surface area (Å²) in [5.41, 5.74) is 0.0297. The molecule has 1 aromatic heterocycles. The molecule has 92 valence electrons. The maximum Gasteiger partial charge on any atom is 0.574 e. The van der Waals surface area contributed by atoms with Crippen molar-refractivity contribution < 1.29 is 22.6 Å². The molecule has 0 aromatic carbocycles. The second-order valence-corrected chi connectivity index (χ2v) is 3.85. The summed E-state index contributed by atoms with van der Waals surface area (Å²) >= 11 is 1.72. The summed E-state index contributed by atoms with van der Waals surface area (Å²) in [5, 5.41) is 8.52. The van der Waals surface area contributed by atoms with E-state index in [1.54, 1.807) is 28.7 Å². The van der Waals surface area contributed by atoms with Gasteiger partial charge in [0.05, 0.1) is 19.6 Å². The third kappa shape index (κ3) is 3.92. The fourth-order valence-electron chi connectivity index (χ4n) is 1.05. The van der Waals surface area contributed by atoms with Gasteiger partial charge in [-0.3, -0.25) is 0 Å². The smallest absolute Gasteiger partial charge is 0.494 e. The number of alkyl halides is 3. The summed E-state index contributed by atoms with van der Waals surface area (Å²) in [5.74, 6) is -0.324. The van der Waals surface area contributed by atoms with Gasteiger partial charge in [0.1, 0.15) is 3.70 Å². The minimum atomic E-state index is -4.84. The van der Waals surface area contributed by atoms with Crippen LogP contribution in [0.4, 0.5) is 13.2 Å². The van der Waals surface area contributed by atoms with Crippen molar-refractivity contribution in [3.05, 3.63) is 15.3 Å². The highest BCUT2D eigenvalue weighted by Crippen LogP contribution is 2.30. The lowest BCUT2D eigenvalue weighted by Crippen LogP contribution is -2.19. The Morgan fingerprint density at radius 3 is 2.65 bits per heavy atom. The van der Waals surface area contributed by atoms with Gasteiger partial charge < -0.3 is 9.47 Å². The molecule has 0 saturated heterocycles. The van der Waals surface area contributed by atoms with Gasteiger partial charge in [0.15, 0.2) is 5.75 Å². The SMILES string of the molecule is COc1cc(CC#N)c(OC(F)(F)F)nc1I. The fourth-order valence-corrected chi connectivity index (χ4v) is 1.64. The van der Waals surface area contributed by atoms with Crippen LogP contribution < -0.4 is 9.47 Å². The Morgan fingerprint density at radius 1 is 1.53 bits per heavy atom. The van der Waals surface area contributed by atoms with Crippen molar-refractivity contribution in [2.24, 2.45) is 0 Å². The molecule has 0 N–H and O–H groups in total. The van der Waals surface area contributed by atoms with Gasteiger partial charge in [0.25, 0.3) is 0 Å². The fraction of sp³-hybridized carbons (Fsp3) is 0.333. The largest absolute Gasteiger partial charge is 0.574 e. The molecule has 0 aliphatic carbocycles. The average molecular weight is 358 g/mol. The normalized spacial score (nSPS) is 10.8. The van der Waals surface area contributed by atoms with E-state index in [0.717, 1.165) is 0 Å². The number of halogens is 4. The molecule has 1 rings (SSSR count). The summed E-state index contributed by atoms with van der Waals surface area (Å²) in [7, 11) is 1.36. The van der Waals surface area contributed by atoms with Crippen LogP contribution in [0.5, 0.6) is 11.6 Å². The maximum absolute atomic E-state index is 12.1. The van der Waals surface area contributed by atoms with Gasteiger partial charge in [-0.05, 0) is 28.7 Å². The second-order valence-electron chi connectivity index (χ2n) is 2.83. The average Bonchev–Trinajstić information content (AvgIpc) is 2.20. The predicted octanol–water partition coefficient (Wildman–Crippen LogP) is 2.66. The summed E-state index contributed by atoms with van der Waals surface area (Å²) in [6.45, 7) is 0. The van der Waals surface area contributed by atoms with Crippen molar-refractivity contribution in [2.45, 2.75) is 12.8 Å². The number of aromatic nitrogens is 1. The van der Waals surface area contributed by atoms with Crippen LogP contribution in [0.25, 0.3) is 0 Å². The van der Waals surface area contributed by atoms with E-state index in [0.29, 0.717) is 5.75 Å². The number of methoxy groups -OCH3 is 1. The zero-order chi connectivity index (χ0) is 13.1. The number of nitriles is 1. The first-order valence-electron chi connectivity index (χ1n) is 4.23. The molecule has 0 aliphatic heterocycles. The molecule has 1 aromatic rings. The van der Waals surface area contributed by atoms with Crippen molar-refractivity contribution in [1.82, 2.24) is 4.98 Å². The van der Waals surface area contributed by atoms with Gasteiger partial charge in [0.2, 0.25) is 5.88 Å². The van der Waals surface area contributed by atoms with Gasteiger partial charge in [-0.15, -0.1) is 13.2 Å². The standard InChI is InChI=1S/C9H6F3IN2O2/c1-16-6-4-5(2-3-14)8(15-7(6)13)17-9(10,11)12/h4H,2H2,1H3. The van der Waals surface area contributed by atoms with Crippen molar-refractivity contribution in [3.8, 4) is 17.7 Å². The second kappa shape index (κ2) is 5.39. The van der Waals surface area contributed by atoms with E-state index in [2.05, 4.69) is 9.72 Å². The highest BCUT2D eigenvalue weighted by Gasteiger charge is 2.33. The molecule has 1 heterocycles. The van der Waals surface area contributed by atoms with Gasteiger partial charge >= 0.3 is 6.36 Å². The summed E-state index contributed by atoms with van der Waals surface area (Å²) in [6.07, 6.45) is -5.08.